The van der Waals surface area contributed by atoms with Crippen molar-refractivity contribution in [2.45, 2.75) is 19.4 Å². The van der Waals surface area contributed by atoms with E-state index in [0.29, 0.717) is 32.6 Å². The van der Waals surface area contributed by atoms with Crippen LogP contribution in [0, 0.1) is 18.3 Å². The van der Waals surface area contributed by atoms with Crippen molar-refractivity contribution in [2.75, 3.05) is 0 Å². The van der Waals surface area contributed by atoms with Gasteiger partial charge in [0.25, 0.3) is 5.56 Å². The largest absolute Gasteiger partial charge is 0.440 e. The van der Waals surface area contributed by atoms with Crippen molar-refractivity contribution in [1.29, 1.82) is 5.26 Å². The van der Waals surface area contributed by atoms with Gasteiger partial charge in [0.2, 0.25) is 5.88 Å². The molecule has 0 fully saturated rings. The zero-order valence-corrected chi connectivity index (χ0v) is 17.4. The maximum Gasteiger partial charge on any atom is 0.259 e. The van der Waals surface area contributed by atoms with Crippen LogP contribution in [-0.2, 0) is 6.54 Å². The first kappa shape index (κ1) is 20.0. The molecule has 8 heteroatoms. The molecule has 0 bridgehead atoms. The van der Waals surface area contributed by atoms with Crippen LogP contribution >= 0.6 is 23.2 Å². The van der Waals surface area contributed by atoms with Crippen LogP contribution in [0.25, 0.3) is 0 Å². The van der Waals surface area contributed by atoms with E-state index in [9.17, 15) is 10.1 Å². The van der Waals surface area contributed by atoms with Crippen LogP contribution in [0.4, 0.5) is 0 Å². The lowest BCUT2D eigenvalue weighted by molar-refractivity contribution is 0.389. The number of nitrogens with zero attached hydrogens (tertiary/aromatic N) is 3. The van der Waals surface area contributed by atoms with Gasteiger partial charge in [-0.2, -0.15) is 5.26 Å². The number of halogens is 2. The third kappa shape index (κ3) is 3.43. The average molecular weight is 439 g/mol. The van der Waals surface area contributed by atoms with Gasteiger partial charge in [-0.05, 0) is 36.8 Å². The first-order chi connectivity index (χ1) is 14.4. The summed E-state index contributed by atoms with van der Waals surface area (Å²) in [6.45, 7) is 2.08. The van der Waals surface area contributed by atoms with E-state index in [1.807, 2.05) is 18.2 Å². The quantitative estimate of drug-likeness (QED) is 0.663. The predicted octanol–water partition coefficient (Wildman–Crippen LogP) is 4.13. The zero-order valence-electron chi connectivity index (χ0n) is 15.9. The lowest BCUT2D eigenvalue weighted by Crippen LogP contribution is -2.33. The minimum Gasteiger partial charge on any atom is -0.440 e. The van der Waals surface area contributed by atoms with Gasteiger partial charge >= 0.3 is 0 Å². The standard InChI is InChI=1S/C22H16Cl2N4O2/c1-12-8-18-20(22(29)28(12)11-14-4-2-3-7-27-14)19(16(10-25)21(26)30-18)15-6-5-13(23)9-17(15)24/h2-9,19H,11,26H2,1H3/t19-/m0/s1. The van der Waals surface area contributed by atoms with E-state index in [2.05, 4.69) is 11.1 Å². The Bertz CT molecular complexity index is 1280. The Morgan fingerprint density at radius 3 is 2.73 bits per heavy atom. The molecule has 3 aromatic rings. The summed E-state index contributed by atoms with van der Waals surface area (Å²) in [5.74, 6) is -0.517. The van der Waals surface area contributed by atoms with E-state index in [1.54, 1.807) is 42.0 Å². The second kappa shape index (κ2) is 7.86. The van der Waals surface area contributed by atoms with Gasteiger partial charge in [-0.15, -0.1) is 0 Å². The van der Waals surface area contributed by atoms with Gasteiger partial charge in [-0.3, -0.25) is 9.78 Å². The number of aryl methyl sites for hydroxylation is 1. The van der Waals surface area contributed by atoms with E-state index in [0.717, 1.165) is 5.69 Å². The number of ether oxygens (including phenoxy) is 1. The molecule has 150 valence electrons. The predicted molar refractivity (Wildman–Crippen MR) is 115 cm³/mol. The van der Waals surface area contributed by atoms with E-state index in [4.69, 9.17) is 33.7 Å². The third-order valence-corrected chi connectivity index (χ3v) is 5.57. The minimum absolute atomic E-state index is 0.0534. The van der Waals surface area contributed by atoms with Gasteiger partial charge in [-0.1, -0.05) is 35.3 Å². The SMILES string of the molecule is Cc1cc2c(c(=O)n1Cc1ccccn1)[C@@H](c1ccc(Cl)cc1Cl)C(C#N)=C(N)O2. The van der Waals surface area contributed by atoms with Crippen molar-refractivity contribution in [3.8, 4) is 11.8 Å². The van der Waals surface area contributed by atoms with Crippen molar-refractivity contribution >= 4 is 23.2 Å². The summed E-state index contributed by atoms with van der Waals surface area (Å²) in [4.78, 5) is 17.9. The molecule has 0 aliphatic carbocycles. The molecule has 1 aliphatic rings. The Hall–Kier alpha value is -3.27. The highest BCUT2D eigenvalue weighted by molar-refractivity contribution is 6.35. The van der Waals surface area contributed by atoms with Gasteiger partial charge in [0.05, 0.1) is 23.7 Å². The summed E-state index contributed by atoms with van der Waals surface area (Å²) >= 11 is 12.5. The Kier molecular flexibility index (Phi) is 5.25. The molecule has 0 saturated heterocycles. The molecular weight excluding hydrogens is 423 g/mol. The molecule has 2 N–H and O–H groups in total. The number of nitriles is 1. The Balaban J connectivity index is 1.96. The van der Waals surface area contributed by atoms with Crippen LogP contribution in [-0.4, -0.2) is 9.55 Å². The topological polar surface area (TPSA) is 93.9 Å². The lowest BCUT2D eigenvalue weighted by atomic mass is 9.84. The average Bonchev–Trinajstić information content (AvgIpc) is 2.71. The molecule has 1 aliphatic heterocycles. The van der Waals surface area contributed by atoms with Crippen LogP contribution in [0.1, 0.15) is 28.4 Å². The summed E-state index contributed by atoms with van der Waals surface area (Å²) in [6, 6.07) is 14.2. The number of hydrogen-bond acceptors (Lipinski definition) is 5. The van der Waals surface area contributed by atoms with Gasteiger partial charge in [0.15, 0.2) is 0 Å². The van der Waals surface area contributed by atoms with Crippen LogP contribution in [0.15, 0.2) is 64.9 Å². The summed E-state index contributed by atoms with van der Waals surface area (Å²) in [7, 11) is 0. The molecule has 3 heterocycles. The van der Waals surface area contributed by atoms with Crippen LogP contribution in [0.5, 0.6) is 5.75 Å². The summed E-state index contributed by atoms with van der Waals surface area (Å²) < 4.78 is 7.25. The second-order valence-electron chi connectivity index (χ2n) is 6.87. The van der Waals surface area contributed by atoms with Crippen LogP contribution in [0.3, 0.4) is 0 Å². The number of nitrogens with two attached hydrogens (primary N) is 1. The molecule has 0 unspecified atom stereocenters. The van der Waals surface area contributed by atoms with E-state index >= 15 is 0 Å². The minimum atomic E-state index is -0.772. The Morgan fingerprint density at radius 2 is 2.07 bits per heavy atom. The fourth-order valence-corrected chi connectivity index (χ4v) is 4.10. The molecule has 0 radical (unpaired) electrons. The maximum atomic E-state index is 13.6. The summed E-state index contributed by atoms with van der Waals surface area (Å²) in [5, 5.41) is 10.5. The molecular formula is C22H16Cl2N4O2. The third-order valence-electron chi connectivity index (χ3n) is 5.01. The number of pyridine rings is 2. The van der Waals surface area contributed by atoms with E-state index in [-0.39, 0.29) is 23.6 Å². The van der Waals surface area contributed by atoms with E-state index in [1.165, 1.54) is 0 Å². The highest BCUT2D eigenvalue weighted by Crippen LogP contribution is 2.43. The molecule has 0 saturated carbocycles. The molecule has 30 heavy (non-hydrogen) atoms. The Labute approximate surface area is 182 Å². The highest BCUT2D eigenvalue weighted by Gasteiger charge is 2.35. The monoisotopic (exact) mass is 438 g/mol. The van der Waals surface area contributed by atoms with Crippen molar-refractivity contribution in [1.82, 2.24) is 9.55 Å². The lowest BCUT2D eigenvalue weighted by Gasteiger charge is -2.28. The number of fused-ring (bicyclic) bond motifs is 1. The second-order valence-corrected chi connectivity index (χ2v) is 7.71. The molecule has 1 atom stereocenters. The van der Waals surface area contributed by atoms with Crippen molar-refractivity contribution in [3.63, 3.8) is 0 Å². The van der Waals surface area contributed by atoms with Gasteiger partial charge in [0, 0.05) is 28.0 Å². The van der Waals surface area contributed by atoms with Crippen molar-refractivity contribution in [2.24, 2.45) is 5.73 Å². The molecule has 0 amide bonds. The van der Waals surface area contributed by atoms with Crippen molar-refractivity contribution in [3.05, 3.63) is 103 Å². The Morgan fingerprint density at radius 1 is 1.27 bits per heavy atom. The first-order valence-electron chi connectivity index (χ1n) is 9.07. The maximum absolute atomic E-state index is 13.6. The number of rotatable bonds is 3. The van der Waals surface area contributed by atoms with Crippen molar-refractivity contribution < 1.29 is 4.74 Å². The summed E-state index contributed by atoms with van der Waals surface area (Å²) in [5.41, 5.74) is 8.10. The number of hydrogen-bond donors (Lipinski definition) is 1. The first-order valence-corrected chi connectivity index (χ1v) is 9.83. The van der Waals surface area contributed by atoms with Gasteiger partial charge < -0.3 is 15.0 Å². The zero-order chi connectivity index (χ0) is 21.4. The molecule has 6 nitrogen and oxygen atoms in total. The fraction of sp³-hybridized carbons (Fsp3) is 0.136. The smallest absolute Gasteiger partial charge is 0.259 e. The number of aromatic nitrogens is 2. The molecule has 2 aromatic heterocycles. The highest BCUT2D eigenvalue weighted by atomic mass is 35.5. The summed E-state index contributed by atoms with van der Waals surface area (Å²) in [6.07, 6.45) is 1.67. The fourth-order valence-electron chi connectivity index (χ4n) is 3.58. The van der Waals surface area contributed by atoms with Crippen LogP contribution in [0.2, 0.25) is 10.0 Å². The normalized spacial score (nSPS) is 15.3. The van der Waals surface area contributed by atoms with Crippen LogP contribution < -0.4 is 16.0 Å². The molecule has 0 spiro atoms. The van der Waals surface area contributed by atoms with Gasteiger partial charge in [-0.25, -0.2) is 0 Å². The molecule has 4 rings (SSSR count). The number of benzene rings is 1. The van der Waals surface area contributed by atoms with E-state index < -0.39 is 5.92 Å². The number of allylic oxidation sites excluding steroid dienone is 1. The van der Waals surface area contributed by atoms with Gasteiger partial charge in [0.1, 0.15) is 17.4 Å². The molecule has 1 aromatic carbocycles.